The first-order valence-electron chi connectivity index (χ1n) is 10.6. The van der Waals surface area contributed by atoms with Gasteiger partial charge in [-0.15, -0.1) is 0 Å². The number of nitrogens with two attached hydrogens (primary N) is 1. The average Bonchev–Trinajstić information content (AvgIpc) is 2.63. The molecule has 114 valence electrons. The molecule has 2 N–H and O–H groups in total. The predicted molar refractivity (Wildman–Crippen MR) is 82.7 cm³/mol. The van der Waals surface area contributed by atoms with Gasteiger partial charge >= 0.3 is 0 Å². The topological polar surface area (TPSA) is 95.0 Å². The molecule has 6 nitrogen and oxygen atoms in total. The van der Waals surface area contributed by atoms with Gasteiger partial charge in [0.2, 0.25) is 0 Å². The summed E-state index contributed by atoms with van der Waals surface area (Å²) in [7, 11) is 0. The average molecular weight is 307 g/mol. The van der Waals surface area contributed by atoms with E-state index in [0.717, 1.165) is 0 Å². The first-order chi connectivity index (χ1) is 13.8. The Hall–Kier alpha value is -2.50. The highest BCUT2D eigenvalue weighted by atomic mass is 16.2. The van der Waals surface area contributed by atoms with Gasteiger partial charge in [-0.2, -0.15) is 0 Å². The fraction of sp³-hybridized carbons (Fsp3) is 0.375. The van der Waals surface area contributed by atoms with Gasteiger partial charge in [-0.05, 0) is 32.2 Å². The molecule has 1 aromatic carbocycles. The number of hydrogen-bond acceptors (Lipinski definition) is 5. The number of nitrogens with zero attached hydrogens (tertiary/aromatic N) is 2. The molecule has 1 saturated carbocycles. The van der Waals surface area contributed by atoms with Gasteiger partial charge in [-0.3, -0.25) is 19.0 Å². The monoisotopic (exact) mass is 307 g/mol. The van der Waals surface area contributed by atoms with Gasteiger partial charge in [0.25, 0.3) is 5.56 Å². The van der Waals surface area contributed by atoms with Crippen LogP contribution >= 0.6 is 0 Å². The number of hydrogen-bond donors (Lipinski definition) is 1. The number of Topliss-reactive ketones (excluding diaryl/α,β-unsaturated/α-hetero) is 2. The SMILES string of the molecule is [2H]c1c([2H])c(N)c2c(=O)n(C3(C([2H])([2H])[2H])CCC(=O)CC3=O)c(C([2H])[2H])nc2c1[2H]. The van der Waals surface area contributed by atoms with Crippen LogP contribution in [0.3, 0.4) is 0 Å². The van der Waals surface area contributed by atoms with E-state index >= 15 is 0 Å². The lowest BCUT2D eigenvalue weighted by Gasteiger charge is -2.34. The lowest BCUT2D eigenvalue weighted by molar-refractivity contribution is -0.136. The molecule has 0 aliphatic heterocycles. The van der Waals surface area contributed by atoms with Gasteiger partial charge in [-0.1, -0.05) is 6.04 Å². The van der Waals surface area contributed by atoms with Crippen molar-refractivity contribution in [1.82, 2.24) is 9.55 Å². The Morgan fingerprint density at radius 2 is 2.23 bits per heavy atom. The number of nitrogen functional groups attached to an aromatic ring is 1. The van der Waals surface area contributed by atoms with E-state index in [-0.39, 0.29) is 6.42 Å². The summed E-state index contributed by atoms with van der Waals surface area (Å²) in [5.74, 6) is -2.30. The van der Waals surface area contributed by atoms with Gasteiger partial charge in [0.15, 0.2) is 5.78 Å². The molecule has 0 spiro atoms. The van der Waals surface area contributed by atoms with Crippen LogP contribution in [-0.2, 0) is 15.1 Å². The number of anilines is 1. The summed E-state index contributed by atoms with van der Waals surface area (Å²) in [6.45, 7) is -5.16. The molecule has 0 amide bonds. The van der Waals surface area contributed by atoms with Crippen molar-refractivity contribution in [3.05, 3.63) is 34.3 Å². The quantitative estimate of drug-likeness (QED) is 0.633. The second kappa shape index (κ2) is 4.76. The van der Waals surface area contributed by atoms with Crippen molar-refractivity contribution in [1.29, 1.82) is 0 Å². The fourth-order valence-electron chi connectivity index (χ4n) is 2.57. The van der Waals surface area contributed by atoms with Gasteiger partial charge in [0.05, 0.1) is 21.4 Å². The zero-order chi connectivity index (χ0) is 22.8. The molecule has 1 fully saturated rings. The molecular weight excluding hydrogens is 282 g/mol. The number of aromatic nitrogens is 2. The highest BCUT2D eigenvalue weighted by molar-refractivity contribution is 6.05. The van der Waals surface area contributed by atoms with Crippen molar-refractivity contribution in [2.45, 2.75) is 38.5 Å². The van der Waals surface area contributed by atoms with E-state index in [1.54, 1.807) is 0 Å². The number of ketones is 2. The fourth-order valence-corrected chi connectivity index (χ4v) is 2.57. The smallest absolute Gasteiger partial charge is 0.264 e. The minimum absolute atomic E-state index is 0.316. The Morgan fingerprint density at radius 1 is 1.41 bits per heavy atom. The molecule has 6 heteroatoms. The maximum absolute atomic E-state index is 13.4. The van der Waals surface area contributed by atoms with Crippen LogP contribution in [0, 0.1) is 6.88 Å². The molecule has 3 rings (SSSR count). The van der Waals surface area contributed by atoms with Crippen LogP contribution < -0.4 is 11.3 Å². The second-order valence-electron chi connectivity index (χ2n) is 5.12. The van der Waals surface area contributed by atoms with Crippen molar-refractivity contribution in [2.75, 3.05) is 5.73 Å². The maximum Gasteiger partial charge on any atom is 0.264 e. The molecule has 1 heterocycles. The minimum atomic E-state index is -3.13. The van der Waals surface area contributed by atoms with Crippen LogP contribution in [-0.4, -0.2) is 21.1 Å². The molecule has 2 aromatic rings. The summed E-state index contributed by atoms with van der Waals surface area (Å²) in [6, 6.07) is -1.93. The predicted octanol–water partition coefficient (Wildman–Crippen LogP) is 1.32. The highest BCUT2D eigenvalue weighted by Gasteiger charge is 2.41. The second-order valence-corrected chi connectivity index (χ2v) is 5.12. The van der Waals surface area contributed by atoms with E-state index in [0.29, 0.717) is 4.57 Å². The maximum atomic E-state index is 13.4. The Bertz CT molecular complexity index is 1160. The molecule has 0 saturated heterocycles. The molecule has 0 bridgehead atoms. The van der Waals surface area contributed by atoms with E-state index in [4.69, 9.17) is 16.7 Å². The summed E-state index contributed by atoms with van der Waals surface area (Å²) in [4.78, 5) is 42.0. The van der Waals surface area contributed by atoms with Gasteiger partial charge in [0, 0.05) is 19.0 Å². The number of rotatable bonds is 1. The zero-order valence-electron chi connectivity index (χ0n) is 19.4. The van der Waals surface area contributed by atoms with Crippen molar-refractivity contribution >= 4 is 28.2 Å². The van der Waals surface area contributed by atoms with Crippen LogP contribution in [0.5, 0.6) is 0 Å². The van der Waals surface area contributed by atoms with Crippen LogP contribution in [0.1, 0.15) is 42.9 Å². The normalized spacial score (nSPS) is 28.2. The first-order valence-corrected chi connectivity index (χ1v) is 6.47. The Morgan fingerprint density at radius 3 is 2.91 bits per heavy atom. The van der Waals surface area contributed by atoms with Crippen molar-refractivity contribution in [3.8, 4) is 0 Å². The third kappa shape index (κ3) is 1.94. The van der Waals surface area contributed by atoms with Gasteiger partial charge < -0.3 is 5.73 Å². The summed E-state index contributed by atoms with van der Waals surface area (Å²) >= 11 is 0. The Balaban J connectivity index is 2.59. The minimum Gasteiger partial charge on any atom is -0.398 e. The lowest BCUT2D eigenvalue weighted by Crippen LogP contribution is -2.49. The van der Waals surface area contributed by atoms with E-state index in [1.807, 2.05) is 0 Å². The lowest BCUT2D eigenvalue weighted by atomic mass is 9.81. The summed E-state index contributed by atoms with van der Waals surface area (Å²) < 4.78 is 63.5. The molecular formula is C16H17N3O3. The van der Waals surface area contributed by atoms with Crippen molar-refractivity contribution in [2.24, 2.45) is 0 Å². The van der Waals surface area contributed by atoms with Crippen LogP contribution in [0.4, 0.5) is 5.69 Å². The largest absolute Gasteiger partial charge is 0.398 e. The summed E-state index contributed by atoms with van der Waals surface area (Å²) in [5, 5.41) is -0.543. The van der Waals surface area contributed by atoms with Crippen molar-refractivity contribution in [3.63, 3.8) is 0 Å². The van der Waals surface area contributed by atoms with E-state index < -0.39 is 89.8 Å². The van der Waals surface area contributed by atoms with Gasteiger partial charge in [0.1, 0.15) is 17.1 Å². The number of benzene rings is 1. The van der Waals surface area contributed by atoms with E-state index in [2.05, 4.69) is 4.98 Å². The molecule has 1 aromatic heterocycles. The molecule has 1 aliphatic carbocycles. The summed E-state index contributed by atoms with van der Waals surface area (Å²) in [5.41, 5.74) is 1.05. The third-order valence-electron chi connectivity index (χ3n) is 3.72. The molecule has 0 radical (unpaired) electrons. The van der Waals surface area contributed by atoms with E-state index in [1.165, 1.54) is 0 Å². The van der Waals surface area contributed by atoms with Crippen LogP contribution in [0.2, 0.25) is 0 Å². The standard InChI is InChI=1S/C16H17N3O3/c1-9-18-12-5-3-4-11(17)14(12)15(22)19(9)16(2)7-6-10(20)8-13(16)21/h3-5H,6-8,17H2,1-2H3/i1D2,2D3,3D,4D,5D. The van der Waals surface area contributed by atoms with Crippen molar-refractivity contribution < 1.29 is 20.6 Å². The third-order valence-corrected chi connectivity index (χ3v) is 3.72. The number of carbonyl (C=O) groups excluding carboxylic acids is 2. The first kappa shape index (κ1) is 7.67. The Labute approximate surface area is 138 Å². The molecule has 1 aliphatic rings. The van der Waals surface area contributed by atoms with Crippen LogP contribution in [0.25, 0.3) is 10.9 Å². The molecule has 1 atom stereocenters. The Kier molecular flexibility index (Phi) is 1.66. The summed E-state index contributed by atoms with van der Waals surface area (Å²) in [6.07, 6.45) is -1.62. The highest BCUT2D eigenvalue weighted by Crippen LogP contribution is 2.30. The van der Waals surface area contributed by atoms with E-state index in [9.17, 15) is 14.4 Å². The zero-order valence-corrected chi connectivity index (χ0v) is 11.4. The van der Waals surface area contributed by atoms with Crippen LogP contribution in [0.15, 0.2) is 22.9 Å². The number of carbonyl (C=O) groups is 2. The molecule has 1 unspecified atom stereocenters. The number of fused-ring (bicyclic) bond motifs is 1. The molecule has 22 heavy (non-hydrogen) atoms. The van der Waals surface area contributed by atoms with Gasteiger partial charge in [-0.25, -0.2) is 4.98 Å². The number of aryl methyl sites for hydroxylation is 1.